The number of fused-ring (bicyclic) bond motifs is 1. The molecule has 2 aromatic heterocycles. The number of nitrogens with zero attached hydrogens (tertiary/aromatic N) is 3. The molecule has 0 bridgehead atoms. The summed E-state index contributed by atoms with van der Waals surface area (Å²) in [4.78, 5) is 15.6. The highest BCUT2D eigenvalue weighted by atomic mass is 32.2. The summed E-state index contributed by atoms with van der Waals surface area (Å²) < 4.78 is 5.15. The zero-order valence-corrected chi connectivity index (χ0v) is 10.1. The van der Waals surface area contributed by atoms with Gasteiger partial charge in [0, 0.05) is 12.4 Å². The van der Waals surface area contributed by atoms with Crippen LogP contribution in [-0.2, 0) is 4.74 Å². The van der Waals surface area contributed by atoms with E-state index in [1.54, 1.807) is 25.1 Å². The molecule has 0 spiro atoms. The van der Waals surface area contributed by atoms with Crippen molar-refractivity contribution in [1.82, 2.24) is 19.9 Å². The number of imidazole rings is 1. The Morgan fingerprint density at radius 1 is 1.56 bits per heavy atom. The van der Waals surface area contributed by atoms with Crippen LogP contribution in [0.1, 0.15) is 13.3 Å². The molecule has 0 aliphatic rings. The average Bonchev–Trinajstić information content (AvgIpc) is 2.70. The molecule has 0 saturated carbocycles. The molecule has 5 nitrogen and oxygen atoms in total. The number of rotatable bonds is 5. The largest absolute Gasteiger partial charge is 0.384 e. The Morgan fingerprint density at radius 3 is 3.12 bits per heavy atom. The summed E-state index contributed by atoms with van der Waals surface area (Å²) in [7, 11) is 1.72. The SMILES string of the molecule is CCC(COC)Sc1nc2ncncc2[nH]1. The fraction of sp³-hybridized carbons (Fsp3) is 0.500. The molecule has 1 atom stereocenters. The lowest BCUT2D eigenvalue weighted by atomic mass is 10.3. The second-order valence-electron chi connectivity index (χ2n) is 3.41. The van der Waals surface area contributed by atoms with E-state index in [9.17, 15) is 0 Å². The second kappa shape index (κ2) is 5.27. The van der Waals surface area contributed by atoms with E-state index in [0.717, 1.165) is 23.7 Å². The van der Waals surface area contributed by atoms with Gasteiger partial charge in [-0.3, -0.25) is 0 Å². The van der Waals surface area contributed by atoms with Crippen LogP contribution in [0, 0.1) is 0 Å². The molecule has 2 aromatic rings. The molecule has 6 heteroatoms. The van der Waals surface area contributed by atoms with Gasteiger partial charge in [-0.2, -0.15) is 0 Å². The molecule has 0 aromatic carbocycles. The molecule has 16 heavy (non-hydrogen) atoms. The van der Waals surface area contributed by atoms with Crippen molar-refractivity contribution >= 4 is 22.9 Å². The molecule has 86 valence electrons. The fourth-order valence-electron chi connectivity index (χ4n) is 1.37. The van der Waals surface area contributed by atoms with Crippen molar-refractivity contribution in [2.75, 3.05) is 13.7 Å². The number of aromatic amines is 1. The van der Waals surface area contributed by atoms with Gasteiger partial charge in [0.1, 0.15) is 11.8 Å². The van der Waals surface area contributed by atoms with Gasteiger partial charge in [-0.1, -0.05) is 18.7 Å². The molecule has 0 fully saturated rings. The van der Waals surface area contributed by atoms with Gasteiger partial charge in [-0.15, -0.1) is 0 Å². The highest BCUT2D eigenvalue weighted by Gasteiger charge is 2.11. The van der Waals surface area contributed by atoms with E-state index in [0.29, 0.717) is 10.9 Å². The van der Waals surface area contributed by atoms with Crippen molar-refractivity contribution in [3.8, 4) is 0 Å². The van der Waals surface area contributed by atoms with Gasteiger partial charge in [-0.05, 0) is 6.42 Å². The van der Waals surface area contributed by atoms with Gasteiger partial charge in [0.25, 0.3) is 0 Å². The number of methoxy groups -OCH3 is 1. The molecule has 0 saturated heterocycles. The van der Waals surface area contributed by atoms with E-state index in [-0.39, 0.29) is 0 Å². The van der Waals surface area contributed by atoms with Crippen LogP contribution in [0.25, 0.3) is 11.2 Å². The van der Waals surface area contributed by atoms with Crippen LogP contribution in [0.2, 0.25) is 0 Å². The van der Waals surface area contributed by atoms with Crippen molar-refractivity contribution in [3.63, 3.8) is 0 Å². The summed E-state index contributed by atoms with van der Waals surface area (Å²) in [5.74, 6) is 0. The normalized spacial score (nSPS) is 13.1. The second-order valence-corrected chi connectivity index (χ2v) is 4.69. The maximum Gasteiger partial charge on any atom is 0.181 e. The minimum Gasteiger partial charge on any atom is -0.384 e. The zero-order chi connectivity index (χ0) is 11.4. The summed E-state index contributed by atoms with van der Waals surface area (Å²) in [6, 6.07) is 0. The Bertz CT molecular complexity index is 426. The van der Waals surface area contributed by atoms with Gasteiger partial charge >= 0.3 is 0 Å². The van der Waals surface area contributed by atoms with Crippen LogP contribution in [0.4, 0.5) is 0 Å². The van der Waals surface area contributed by atoms with E-state index in [4.69, 9.17) is 4.74 Å². The Morgan fingerprint density at radius 2 is 2.44 bits per heavy atom. The molecule has 0 aliphatic carbocycles. The third kappa shape index (κ3) is 2.51. The molecular weight excluding hydrogens is 224 g/mol. The third-order valence-electron chi connectivity index (χ3n) is 2.23. The van der Waals surface area contributed by atoms with Crippen LogP contribution in [0.15, 0.2) is 17.7 Å². The lowest BCUT2D eigenvalue weighted by Crippen LogP contribution is -2.09. The van der Waals surface area contributed by atoms with E-state index in [2.05, 4.69) is 26.9 Å². The van der Waals surface area contributed by atoms with Gasteiger partial charge in [0.2, 0.25) is 0 Å². The molecule has 1 N–H and O–H groups in total. The standard InChI is InChI=1S/C10H14N4OS/c1-3-7(5-15-2)16-10-13-8-4-11-6-12-9(8)14-10/h4,6-7H,3,5H2,1-2H3,(H,11,12,13,14). The first kappa shape index (κ1) is 11.3. The molecule has 0 aliphatic heterocycles. The summed E-state index contributed by atoms with van der Waals surface area (Å²) in [6.45, 7) is 2.86. The Hall–Kier alpha value is -1.14. The monoisotopic (exact) mass is 238 g/mol. The van der Waals surface area contributed by atoms with Gasteiger partial charge < -0.3 is 9.72 Å². The van der Waals surface area contributed by atoms with Crippen LogP contribution in [-0.4, -0.2) is 38.9 Å². The van der Waals surface area contributed by atoms with Crippen molar-refractivity contribution < 1.29 is 4.74 Å². The van der Waals surface area contributed by atoms with Gasteiger partial charge in [0.15, 0.2) is 10.8 Å². The minimum atomic E-state index is 0.415. The van der Waals surface area contributed by atoms with Crippen LogP contribution >= 0.6 is 11.8 Å². The zero-order valence-electron chi connectivity index (χ0n) is 9.30. The van der Waals surface area contributed by atoms with Crippen LogP contribution in [0.3, 0.4) is 0 Å². The minimum absolute atomic E-state index is 0.415. The van der Waals surface area contributed by atoms with Gasteiger partial charge in [-0.25, -0.2) is 15.0 Å². The summed E-state index contributed by atoms with van der Waals surface area (Å²) in [5.41, 5.74) is 1.59. The van der Waals surface area contributed by atoms with Crippen molar-refractivity contribution in [3.05, 3.63) is 12.5 Å². The first-order valence-corrected chi connectivity index (χ1v) is 6.02. The first-order valence-electron chi connectivity index (χ1n) is 5.14. The van der Waals surface area contributed by atoms with Crippen molar-refractivity contribution in [2.24, 2.45) is 0 Å². The molecule has 1 unspecified atom stereocenters. The van der Waals surface area contributed by atoms with Crippen LogP contribution < -0.4 is 0 Å². The number of hydrogen-bond acceptors (Lipinski definition) is 5. The maximum absolute atomic E-state index is 5.15. The highest BCUT2D eigenvalue weighted by molar-refractivity contribution is 7.99. The molecule has 2 rings (SSSR count). The number of H-pyrrole nitrogens is 1. The molecule has 0 amide bonds. The van der Waals surface area contributed by atoms with Crippen molar-refractivity contribution in [1.29, 1.82) is 0 Å². The summed E-state index contributed by atoms with van der Waals surface area (Å²) in [6.07, 6.45) is 4.28. The number of aromatic nitrogens is 4. The van der Waals surface area contributed by atoms with Crippen LogP contribution in [0.5, 0.6) is 0 Å². The number of nitrogens with one attached hydrogen (secondary N) is 1. The average molecular weight is 238 g/mol. The maximum atomic E-state index is 5.15. The van der Waals surface area contributed by atoms with E-state index in [1.165, 1.54) is 6.33 Å². The van der Waals surface area contributed by atoms with Gasteiger partial charge in [0.05, 0.1) is 12.8 Å². The number of hydrogen-bond donors (Lipinski definition) is 1. The number of thioether (sulfide) groups is 1. The smallest absolute Gasteiger partial charge is 0.181 e. The topological polar surface area (TPSA) is 63.7 Å². The lowest BCUT2D eigenvalue weighted by Gasteiger charge is -2.10. The third-order valence-corrected chi connectivity index (χ3v) is 3.45. The lowest BCUT2D eigenvalue weighted by molar-refractivity contribution is 0.198. The Labute approximate surface area is 98.0 Å². The first-order chi connectivity index (χ1) is 7.83. The summed E-state index contributed by atoms with van der Waals surface area (Å²) in [5, 5.41) is 1.29. The van der Waals surface area contributed by atoms with Crippen molar-refractivity contribution in [2.45, 2.75) is 23.8 Å². The molecule has 0 radical (unpaired) electrons. The highest BCUT2D eigenvalue weighted by Crippen LogP contribution is 2.24. The summed E-state index contributed by atoms with van der Waals surface area (Å²) >= 11 is 1.68. The molecule has 2 heterocycles. The Balaban J connectivity index is 2.14. The molecular formula is C10H14N4OS. The van der Waals surface area contributed by atoms with E-state index >= 15 is 0 Å². The Kier molecular flexibility index (Phi) is 3.74. The van der Waals surface area contributed by atoms with E-state index < -0.39 is 0 Å². The quantitative estimate of drug-likeness (QED) is 0.806. The number of ether oxygens (including phenoxy) is 1. The fourth-order valence-corrected chi connectivity index (χ4v) is 2.37. The predicted octanol–water partition coefficient (Wildman–Crippen LogP) is 1.87. The van der Waals surface area contributed by atoms with E-state index in [1.807, 2.05) is 0 Å². The predicted molar refractivity (Wildman–Crippen MR) is 63.5 cm³/mol.